The summed E-state index contributed by atoms with van der Waals surface area (Å²) in [7, 11) is 0. The van der Waals surface area contributed by atoms with Gasteiger partial charge in [0, 0.05) is 0 Å². The van der Waals surface area contributed by atoms with E-state index in [-0.39, 0.29) is 18.8 Å². The minimum absolute atomic E-state index is 0.0788. The van der Waals surface area contributed by atoms with E-state index in [9.17, 15) is 14.7 Å². The molecule has 2 aromatic rings. The molecule has 2 rings (SSSR count). The summed E-state index contributed by atoms with van der Waals surface area (Å²) < 4.78 is 11.3. The Balaban J connectivity index is 1.85. The first-order chi connectivity index (χ1) is 11.5. The van der Waals surface area contributed by atoms with Gasteiger partial charge in [-0.15, -0.1) is 0 Å². The van der Waals surface area contributed by atoms with Gasteiger partial charge < -0.3 is 19.4 Å². The average molecular weight is 437 g/mol. The van der Waals surface area contributed by atoms with Crippen LogP contribution in [0.3, 0.4) is 0 Å². The third-order valence-corrected chi connectivity index (χ3v) is 3.94. The van der Waals surface area contributed by atoms with Gasteiger partial charge in [-0.2, -0.15) is 0 Å². The normalized spacial score (nSPS) is 10.0. The Hall–Kier alpha value is -2.35. The molecule has 0 saturated carbocycles. The number of hydrogen-bond donors (Lipinski definition) is 0. The number of aromatic carboxylic acids is 1. The highest BCUT2D eigenvalue weighted by atomic mass is 127. The summed E-state index contributed by atoms with van der Waals surface area (Å²) in [4.78, 5) is 22.7. The van der Waals surface area contributed by atoms with E-state index in [1.54, 1.807) is 30.3 Å². The van der Waals surface area contributed by atoms with Crippen LogP contribution in [0, 0.1) is 3.57 Å². The molecule has 0 unspecified atom stereocenters. The van der Waals surface area contributed by atoms with Crippen molar-refractivity contribution in [3.8, 4) is 5.75 Å². The predicted octanol–water partition coefficient (Wildman–Crippen LogP) is 2.53. The number of hydrogen-bond acceptors (Lipinski definition) is 5. The summed E-state index contributed by atoms with van der Waals surface area (Å²) in [5.41, 5.74) is 1.36. The molecule has 0 amide bonds. The van der Waals surface area contributed by atoms with Crippen molar-refractivity contribution in [3.05, 3.63) is 69.3 Å². The fraction of sp³-hybridized carbons (Fsp3) is 0.111. The highest BCUT2D eigenvalue weighted by molar-refractivity contribution is 14.1. The number of halogens is 1. The SMILES string of the molecule is C=Cc1cccc(C(=O)OCCOc2ccc(C(=O)[O-])cc2I)c1. The lowest BCUT2D eigenvalue weighted by molar-refractivity contribution is -0.255. The molecule has 0 fully saturated rings. The van der Waals surface area contributed by atoms with Crippen LogP contribution in [-0.4, -0.2) is 25.2 Å². The molecule has 0 aromatic heterocycles. The standard InChI is InChI=1S/C18H15IO5/c1-2-12-4-3-5-14(10-12)18(22)24-9-8-23-16-7-6-13(17(20)21)11-15(16)19/h2-7,10-11H,1,8-9H2,(H,20,21)/p-1. The van der Waals surface area contributed by atoms with Gasteiger partial charge >= 0.3 is 5.97 Å². The van der Waals surface area contributed by atoms with Gasteiger partial charge in [0.2, 0.25) is 0 Å². The largest absolute Gasteiger partial charge is 0.545 e. The van der Waals surface area contributed by atoms with Gasteiger partial charge in [-0.1, -0.05) is 24.8 Å². The van der Waals surface area contributed by atoms with Crippen LogP contribution in [0.15, 0.2) is 49.0 Å². The number of carbonyl (C=O) groups is 2. The quantitative estimate of drug-likeness (QED) is 0.378. The summed E-state index contributed by atoms with van der Waals surface area (Å²) in [6, 6.07) is 11.4. The van der Waals surface area contributed by atoms with E-state index in [0.717, 1.165) is 5.56 Å². The Morgan fingerprint density at radius 3 is 2.58 bits per heavy atom. The first-order valence-corrected chi connectivity index (χ1v) is 8.12. The Labute approximate surface area is 153 Å². The summed E-state index contributed by atoms with van der Waals surface area (Å²) >= 11 is 1.97. The molecule has 6 heteroatoms. The van der Waals surface area contributed by atoms with Crippen molar-refractivity contribution in [2.24, 2.45) is 0 Å². The number of carbonyl (C=O) groups excluding carboxylic acids is 2. The van der Waals surface area contributed by atoms with Crippen LogP contribution in [0.4, 0.5) is 0 Å². The number of benzene rings is 2. The maximum atomic E-state index is 11.9. The van der Waals surface area contributed by atoms with E-state index in [0.29, 0.717) is 14.9 Å². The second kappa shape index (κ2) is 8.49. The monoisotopic (exact) mass is 437 g/mol. The molecule has 0 atom stereocenters. The Morgan fingerprint density at radius 2 is 1.92 bits per heavy atom. The van der Waals surface area contributed by atoms with Crippen LogP contribution in [-0.2, 0) is 4.74 Å². The van der Waals surface area contributed by atoms with Crippen molar-refractivity contribution in [2.45, 2.75) is 0 Å². The Kier molecular flexibility index (Phi) is 6.36. The van der Waals surface area contributed by atoms with E-state index < -0.39 is 11.9 Å². The highest BCUT2D eigenvalue weighted by Crippen LogP contribution is 2.21. The van der Waals surface area contributed by atoms with Crippen LogP contribution in [0.2, 0.25) is 0 Å². The van der Waals surface area contributed by atoms with E-state index in [2.05, 4.69) is 6.58 Å². The van der Waals surface area contributed by atoms with Crippen molar-refractivity contribution >= 4 is 40.6 Å². The van der Waals surface area contributed by atoms with Crippen molar-refractivity contribution in [1.29, 1.82) is 0 Å². The molecule has 0 radical (unpaired) electrons. The molecule has 0 aliphatic carbocycles. The lowest BCUT2D eigenvalue weighted by atomic mass is 10.1. The van der Waals surface area contributed by atoms with Crippen LogP contribution in [0.1, 0.15) is 26.3 Å². The molecule has 0 spiro atoms. The molecule has 0 saturated heterocycles. The van der Waals surface area contributed by atoms with Crippen LogP contribution in [0.5, 0.6) is 5.75 Å². The number of carboxylic acids is 1. The van der Waals surface area contributed by atoms with Crippen molar-refractivity contribution in [2.75, 3.05) is 13.2 Å². The summed E-state index contributed by atoms with van der Waals surface area (Å²) in [6.07, 6.45) is 1.65. The van der Waals surface area contributed by atoms with Gasteiger partial charge in [0.15, 0.2) is 0 Å². The fourth-order valence-electron chi connectivity index (χ4n) is 1.91. The average Bonchev–Trinajstić information content (AvgIpc) is 2.59. The molecule has 5 nitrogen and oxygen atoms in total. The van der Waals surface area contributed by atoms with Crippen molar-refractivity contribution < 1.29 is 24.2 Å². The zero-order valence-corrected chi connectivity index (χ0v) is 14.8. The number of esters is 1. The first kappa shape index (κ1) is 18.0. The molecule has 124 valence electrons. The zero-order valence-electron chi connectivity index (χ0n) is 12.7. The summed E-state index contributed by atoms with van der Waals surface area (Å²) in [5, 5.41) is 10.8. The molecule has 2 aromatic carbocycles. The number of ether oxygens (including phenoxy) is 2. The van der Waals surface area contributed by atoms with E-state index in [4.69, 9.17) is 9.47 Å². The molecule has 0 aliphatic rings. The third kappa shape index (κ3) is 4.82. The van der Waals surface area contributed by atoms with Gasteiger partial charge in [0.25, 0.3) is 0 Å². The molecule has 0 bridgehead atoms. The van der Waals surface area contributed by atoms with Gasteiger partial charge in [-0.05, 0) is 64.0 Å². The van der Waals surface area contributed by atoms with Gasteiger partial charge in [0.1, 0.15) is 19.0 Å². The molecule has 0 heterocycles. The van der Waals surface area contributed by atoms with Crippen LogP contribution in [0.25, 0.3) is 6.08 Å². The predicted molar refractivity (Wildman–Crippen MR) is 95.8 cm³/mol. The summed E-state index contributed by atoms with van der Waals surface area (Å²) in [6.45, 7) is 3.89. The summed E-state index contributed by atoms with van der Waals surface area (Å²) in [5.74, 6) is -1.16. The Morgan fingerprint density at radius 1 is 1.12 bits per heavy atom. The van der Waals surface area contributed by atoms with Gasteiger partial charge in [-0.25, -0.2) is 4.79 Å². The van der Waals surface area contributed by atoms with Crippen LogP contribution >= 0.6 is 22.6 Å². The molecule has 0 aliphatic heterocycles. The lowest BCUT2D eigenvalue weighted by Gasteiger charge is -2.11. The molecular formula is C18H14IO5-. The van der Waals surface area contributed by atoms with Crippen molar-refractivity contribution in [1.82, 2.24) is 0 Å². The topological polar surface area (TPSA) is 75.7 Å². The van der Waals surface area contributed by atoms with Crippen LogP contribution < -0.4 is 9.84 Å². The number of carboxylic acid groups (broad SMARTS) is 1. The lowest BCUT2D eigenvalue weighted by Crippen LogP contribution is -2.22. The first-order valence-electron chi connectivity index (χ1n) is 7.04. The van der Waals surface area contributed by atoms with Gasteiger partial charge in [-0.3, -0.25) is 0 Å². The van der Waals surface area contributed by atoms with Crippen molar-refractivity contribution in [3.63, 3.8) is 0 Å². The smallest absolute Gasteiger partial charge is 0.338 e. The second-order valence-corrected chi connectivity index (χ2v) is 5.91. The van der Waals surface area contributed by atoms with E-state index in [1.807, 2.05) is 28.7 Å². The Bertz CT molecular complexity index is 770. The maximum absolute atomic E-state index is 11.9. The van der Waals surface area contributed by atoms with Gasteiger partial charge in [0.05, 0.1) is 15.1 Å². The highest BCUT2D eigenvalue weighted by Gasteiger charge is 2.08. The van der Waals surface area contributed by atoms with E-state index >= 15 is 0 Å². The molecule has 0 N–H and O–H groups in total. The minimum Gasteiger partial charge on any atom is -0.545 e. The third-order valence-electron chi connectivity index (χ3n) is 3.10. The number of rotatable bonds is 7. The molecular weight excluding hydrogens is 423 g/mol. The molecule has 24 heavy (non-hydrogen) atoms. The van der Waals surface area contributed by atoms with E-state index in [1.165, 1.54) is 12.1 Å². The second-order valence-electron chi connectivity index (χ2n) is 4.75. The zero-order chi connectivity index (χ0) is 17.5. The fourth-order valence-corrected chi connectivity index (χ4v) is 2.58. The minimum atomic E-state index is -1.24. The maximum Gasteiger partial charge on any atom is 0.338 e.